The number of benzene rings is 2. The first-order valence-corrected chi connectivity index (χ1v) is 9.77. The van der Waals surface area contributed by atoms with Gasteiger partial charge in [-0.15, -0.1) is 0 Å². The van der Waals surface area contributed by atoms with E-state index in [4.69, 9.17) is 16.3 Å². The molecule has 0 spiro atoms. The molecule has 0 unspecified atom stereocenters. The number of hydrogen-bond acceptors (Lipinski definition) is 3. The molecule has 2 aromatic rings. The van der Waals surface area contributed by atoms with Crippen LogP contribution in [-0.4, -0.2) is 35.9 Å². The minimum absolute atomic E-state index is 0.161. The molecule has 0 aliphatic rings. The lowest BCUT2D eigenvalue weighted by Gasteiger charge is -2.28. The van der Waals surface area contributed by atoms with Crippen LogP contribution < -0.4 is 10.1 Å². The highest BCUT2D eigenvalue weighted by molar-refractivity contribution is 9.10. The fourth-order valence-electron chi connectivity index (χ4n) is 2.50. The van der Waals surface area contributed by atoms with E-state index in [1.807, 2.05) is 31.2 Å². The van der Waals surface area contributed by atoms with Crippen molar-refractivity contribution in [3.8, 4) is 5.75 Å². The van der Waals surface area contributed by atoms with Crippen LogP contribution in [0.1, 0.15) is 19.4 Å². The molecule has 0 saturated heterocycles. The zero-order valence-electron chi connectivity index (χ0n) is 15.2. The van der Waals surface area contributed by atoms with E-state index in [1.54, 1.807) is 31.2 Å². The zero-order valence-corrected chi connectivity index (χ0v) is 17.6. The first-order chi connectivity index (χ1) is 12.9. The molecule has 144 valence electrons. The number of carbonyl (C=O) groups excluding carboxylic acids is 2. The molecule has 2 rings (SSSR count). The van der Waals surface area contributed by atoms with Crippen molar-refractivity contribution in [2.24, 2.45) is 0 Å². The summed E-state index contributed by atoms with van der Waals surface area (Å²) in [4.78, 5) is 26.6. The Morgan fingerprint density at radius 2 is 1.93 bits per heavy atom. The van der Waals surface area contributed by atoms with E-state index in [0.717, 1.165) is 10.0 Å². The van der Waals surface area contributed by atoms with Gasteiger partial charge in [0.25, 0.3) is 5.91 Å². The van der Waals surface area contributed by atoms with Gasteiger partial charge in [0.05, 0.1) is 0 Å². The van der Waals surface area contributed by atoms with Crippen molar-refractivity contribution in [3.63, 3.8) is 0 Å². The number of hydrogen-bond donors (Lipinski definition) is 1. The van der Waals surface area contributed by atoms with Crippen LogP contribution in [0.15, 0.2) is 53.0 Å². The standard InChI is InChI=1S/C20H22BrClN2O3/c1-3-23-20(26)14(2)24(12-15-5-4-6-17(22)11-15)19(25)13-27-18-9-7-16(21)8-10-18/h4-11,14H,3,12-13H2,1-2H3,(H,23,26)/t14-/m1/s1. The van der Waals surface area contributed by atoms with Crippen LogP contribution in [0.5, 0.6) is 5.75 Å². The van der Waals surface area contributed by atoms with Gasteiger partial charge in [-0.3, -0.25) is 9.59 Å². The smallest absolute Gasteiger partial charge is 0.261 e. The highest BCUT2D eigenvalue weighted by Crippen LogP contribution is 2.18. The molecule has 0 radical (unpaired) electrons. The van der Waals surface area contributed by atoms with Crippen LogP contribution in [0, 0.1) is 0 Å². The number of rotatable bonds is 8. The minimum atomic E-state index is -0.634. The average Bonchev–Trinajstić information content (AvgIpc) is 2.65. The van der Waals surface area contributed by atoms with Crippen LogP contribution in [0.25, 0.3) is 0 Å². The SMILES string of the molecule is CCNC(=O)[C@@H](C)N(Cc1cccc(Cl)c1)C(=O)COc1ccc(Br)cc1. The lowest BCUT2D eigenvalue weighted by Crippen LogP contribution is -2.49. The largest absolute Gasteiger partial charge is 0.484 e. The van der Waals surface area contributed by atoms with Crippen LogP contribution in [0.4, 0.5) is 0 Å². The summed E-state index contributed by atoms with van der Waals surface area (Å²) in [5.74, 6) is 0.0908. The molecule has 0 saturated carbocycles. The lowest BCUT2D eigenvalue weighted by molar-refractivity contribution is -0.142. The summed E-state index contributed by atoms with van der Waals surface area (Å²) in [6.45, 7) is 4.14. The first-order valence-electron chi connectivity index (χ1n) is 8.60. The normalized spacial score (nSPS) is 11.6. The number of nitrogens with one attached hydrogen (secondary N) is 1. The van der Waals surface area contributed by atoms with Gasteiger partial charge in [0.1, 0.15) is 11.8 Å². The maximum absolute atomic E-state index is 12.8. The molecule has 0 aliphatic carbocycles. The fraction of sp³-hybridized carbons (Fsp3) is 0.300. The van der Waals surface area contributed by atoms with Gasteiger partial charge in [-0.05, 0) is 55.8 Å². The van der Waals surface area contributed by atoms with Crippen molar-refractivity contribution in [3.05, 3.63) is 63.6 Å². The van der Waals surface area contributed by atoms with Gasteiger partial charge < -0.3 is 15.0 Å². The van der Waals surface area contributed by atoms with Gasteiger partial charge >= 0.3 is 0 Å². The molecule has 5 nitrogen and oxygen atoms in total. The highest BCUT2D eigenvalue weighted by Gasteiger charge is 2.26. The van der Waals surface area contributed by atoms with Crippen molar-refractivity contribution in [1.29, 1.82) is 0 Å². The molecule has 0 aromatic heterocycles. The van der Waals surface area contributed by atoms with Crippen molar-refractivity contribution >= 4 is 39.3 Å². The summed E-state index contributed by atoms with van der Waals surface area (Å²) in [6.07, 6.45) is 0. The quantitative estimate of drug-likeness (QED) is 0.656. The van der Waals surface area contributed by atoms with Crippen LogP contribution in [0.3, 0.4) is 0 Å². The number of nitrogens with zero attached hydrogens (tertiary/aromatic N) is 1. The molecule has 0 bridgehead atoms. The number of likely N-dealkylation sites (N-methyl/N-ethyl adjacent to an activating group) is 1. The number of ether oxygens (including phenoxy) is 1. The molecule has 0 aliphatic heterocycles. The maximum Gasteiger partial charge on any atom is 0.261 e. The second-order valence-electron chi connectivity index (χ2n) is 5.96. The molecule has 27 heavy (non-hydrogen) atoms. The Hall–Kier alpha value is -2.05. The van der Waals surface area contributed by atoms with Crippen LogP contribution in [-0.2, 0) is 16.1 Å². The Morgan fingerprint density at radius 3 is 2.56 bits per heavy atom. The lowest BCUT2D eigenvalue weighted by atomic mass is 10.1. The second-order valence-corrected chi connectivity index (χ2v) is 7.32. The molecule has 1 atom stereocenters. The molecular weight excluding hydrogens is 432 g/mol. The second kappa shape index (κ2) is 10.3. The maximum atomic E-state index is 12.8. The third-order valence-electron chi connectivity index (χ3n) is 3.94. The Labute approximate surface area is 172 Å². The van der Waals surface area contributed by atoms with Gasteiger partial charge in [0.15, 0.2) is 6.61 Å². The molecule has 1 N–H and O–H groups in total. The Kier molecular flexibility index (Phi) is 8.13. The molecule has 2 aromatic carbocycles. The van der Waals surface area contributed by atoms with Gasteiger partial charge in [-0.25, -0.2) is 0 Å². The third-order valence-corrected chi connectivity index (χ3v) is 4.70. The predicted octanol–water partition coefficient (Wildman–Crippen LogP) is 4.03. The molecule has 0 heterocycles. The topological polar surface area (TPSA) is 58.6 Å². The van der Waals surface area contributed by atoms with E-state index in [-0.39, 0.29) is 25.0 Å². The minimum Gasteiger partial charge on any atom is -0.484 e. The summed E-state index contributed by atoms with van der Waals surface area (Å²) >= 11 is 9.40. The third kappa shape index (κ3) is 6.56. The van der Waals surface area contributed by atoms with Crippen LogP contribution >= 0.6 is 27.5 Å². The van der Waals surface area contributed by atoms with Crippen LogP contribution in [0.2, 0.25) is 5.02 Å². The molecular formula is C20H22BrClN2O3. The van der Waals surface area contributed by atoms with Crippen molar-refractivity contribution in [2.75, 3.05) is 13.2 Å². The van der Waals surface area contributed by atoms with E-state index < -0.39 is 6.04 Å². The summed E-state index contributed by atoms with van der Waals surface area (Å²) in [5.41, 5.74) is 0.843. The summed E-state index contributed by atoms with van der Waals surface area (Å²) in [5, 5.41) is 3.33. The number of halogens is 2. The summed E-state index contributed by atoms with van der Waals surface area (Å²) < 4.78 is 6.51. The highest BCUT2D eigenvalue weighted by atomic mass is 79.9. The molecule has 0 fully saturated rings. The monoisotopic (exact) mass is 452 g/mol. The van der Waals surface area contributed by atoms with E-state index in [2.05, 4.69) is 21.2 Å². The van der Waals surface area contributed by atoms with Gasteiger partial charge in [0, 0.05) is 22.6 Å². The average molecular weight is 454 g/mol. The molecule has 2 amide bonds. The summed E-state index contributed by atoms with van der Waals surface area (Å²) in [7, 11) is 0. The number of carbonyl (C=O) groups is 2. The Balaban J connectivity index is 2.12. The van der Waals surface area contributed by atoms with Gasteiger partial charge in [-0.1, -0.05) is 39.7 Å². The molecule has 7 heteroatoms. The number of amides is 2. The Morgan fingerprint density at radius 1 is 1.22 bits per heavy atom. The van der Waals surface area contributed by atoms with E-state index in [1.165, 1.54) is 4.90 Å². The Bertz CT molecular complexity index is 783. The fourth-order valence-corrected chi connectivity index (χ4v) is 2.97. The van der Waals surface area contributed by atoms with Gasteiger partial charge in [-0.2, -0.15) is 0 Å². The van der Waals surface area contributed by atoms with Crippen molar-refractivity contribution in [1.82, 2.24) is 10.2 Å². The van der Waals surface area contributed by atoms with E-state index in [9.17, 15) is 9.59 Å². The first kappa shape index (κ1) is 21.3. The summed E-state index contributed by atoms with van der Waals surface area (Å²) in [6, 6.07) is 13.8. The van der Waals surface area contributed by atoms with Gasteiger partial charge in [0.2, 0.25) is 5.91 Å². The predicted molar refractivity (Wildman–Crippen MR) is 110 cm³/mol. The van der Waals surface area contributed by atoms with E-state index >= 15 is 0 Å². The zero-order chi connectivity index (χ0) is 19.8. The van der Waals surface area contributed by atoms with Crippen molar-refractivity contribution < 1.29 is 14.3 Å². The van der Waals surface area contributed by atoms with E-state index in [0.29, 0.717) is 17.3 Å². The van der Waals surface area contributed by atoms with Crippen molar-refractivity contribution in [2.45, 2.75) is 26.4 Å².